The first-order chi connectivity index (χ1) is 9.17. The first kappa shape index (κ1) is 12.2. The van der Waals surface area contributed by atoms with Gasteiger partial charge in [0.05, 0.1) is 6.54 Å². The molecule has 0 N–H and O–H groups in total. The van der Waals surface area contributed by atoms with Crippen molar-refractivity contribution in [3.8, 4) is 0 Å². The Hall–Kier alpha value is -1.84. The second-order valence-electron chi connectivity index (χ2n) is 5.39. The number of piperidine rings is 1. The van der Waals surface area contributed by atoms with E-state index in [2.05, 4.69) is 16.0 Å². The minimum atomic E-state index is -0.289. The van der Waals surface area contributed by atoms with Crippen molar-refractivity contribution in [3.63, 3.8) is 0 Å². The summed E-state index contributed by atoms with van der Waals surface area (Å²) in [5, 5.41) is 0. The van der Waals surface area contributed by atoms with Crippen LogP contribution in [0.2, 0.25) is 0 Å². The van der Waals surface area contributed by atoms with Gasteiger partial charge in [-0.25, -0.2) is 0 Å². The highest BCUT2D eigenvalue weighted by Gasteiger charge is 2.45. The van der Waals surface area contributed by atoms with Crippen molar-refractivity contribution in [2.24, 2.45) is 0 Å². The van der Waals surface area contributed by atoms with E-state index in [0.717, 1.165) is 37.9 Å². The molecule has 19 heavy (non-hydrogen) atoms. The average molecular weight is 258 g/mol. The second-order valence-corrected chi connectivity index (χ2v) is 5.39. The van der Waals surface area contributed by atoms with Crippen LogP contribution in [0.1, 0.15) is 31.7 Å². The topological polar surface area (TPSA) is 42.4 Å². The zero-order valence-corrected chi connectivity index (χ0v) is 11.1. The molecule has 2 saturated heterocycles. The molecule has 100 valence electrons. The first-order valence-electron chi connectivity index (χ1n) is 6.72. The number of nitrogens with zero attached hydrogens (tertiary/aromatic N) is 2. The van der Waals surface area contributed by atoms with E-state index in [1.165, 1.54) is 12.6 Å². The fourth-order valence-electron chi connectivity index (χ4n) is 3.15. The molecule has 0 spiro atoms. The lowest BCUT2D eigenvalue weighted by atomic mass is 9.94. The van der Waals surface area contributed by atoms with Gasteiger partial charge in [0.15, 0.2) is 0 Å². The highest BCUT2D eigenvalue weighted by atomic mass is 16.6. The molecule has 0 amide bonds. The fourth-order valence-corrected chi connectivity index (χ4v) is 3.15. The number of hydrogen-bond donors (Lipinski definition) is 0. The number of carbonyl (C=O) groups excluding carboxylic acids is 1. The summed E-state index contributed by atoms with van der Waals surface area (Å²) in [5.41, 5.74) is 2.13. The predicted octanol–water partition coefficient (Wildman–Crippen LogP) is 2.22. The van der Waals surface area contributed by atoms with Crippen molar-refractivity contribution in [2.45, 2.75) is 31.8 Å². The van der Waals surface area contributed by atoms with Gasteiger partial charge in [0.2, 0.25) is 0 Å². The zero-order valence-electron chi connectivity index (χ0n) is 11.1. The molecule has 1 aromatic rings. The summed E-state index contributed by atoms with van der Waals surface area (Å²) in [6.07, 6.45) is 8.65. The van der Waals surface area contributed by atoms with Gasteiger partial charge >= 0.3 is 5.97 Å². The monoisotopic (exact) mass is 258 g/mol. The van der Waals surface area contributed by atoms with Crippen molar-refractivity contribution < 1.29 is 9.53 Å². The van der Waals surface area contributed by atoms with Gasteiger partial charge in [0.1, 0.15) is 5.60 Å². The number of carbonyl (C=O) groups is 1. The molecular formula is C15H18N2O2. The largest absolute Gasteiger partial charge is 0.457 e. The van der Waals surface area contributed by atoms with Crippen LogP contribution in [0.15, 0.2) is 30.2 Å². The number of esters is 1. The first-order valence-corrected chi connectivity index (χ1v) is 6.72. The van der Waals surface area contributed by atoms with Gasteiger partial charge in [-0.15, -0.1) is 0 Å². The Labute approximate surface area is 113 Å². The minimum absolute atomic E-state index is 0.174. The van der Waals surface area contributed by atoms with E-state index in [9.17, 15) is 4.79 Å². The second kappa shape index (κ2) is 4.68. The Morgan fingerprint density at radius 3 is 3.00 bits per heavy atom. The Balaban J connectivity index is 1.85. The van der Waals surface area contributed by atoms with Crippen LogP contribution < -0.4 is 0 Å². The van der Waals surface area contributed by atoms with Crippen LogP contribution in [0.5, 0.6) is 0 Å². The molecule has 1 atom stereocenters. The molecule has 1 unspecified atom stereocenters. The Bertz CT molecular complexity index is 512. The van der Waals surface area contributed by atoms with E-state index < -0.39 is 0 Å². The van der Waals surface area contributed by atoms with Crippen LogP contribution in [0.3, 0.4) is 0 Å². The van der Waals surface area contributed by atoms with E-state index in [-0.39, 0.29) is 11.6 Å². The SMILES string of the molecule is CC(=O)OC12CCCN(C1)/C(=C/c1ccncc1)C2. The summed E-state index contributed by atoms with van der Waals surface area (Å²) in [5.74, 6) is -0.174. The predicted molar refractivity (Wildman–Crippen MR) is 72.1 cm³/mol. The van der Waals surface area contributed by atoms with Gasteiger partial charge in [-0.3, -0.25) is 9.78 Å². The molecule has 0 saturated carbocycles. The number of aromatic nitrogens is 1. The van der Waals surface area contributed by atoms with Gasteiger partial charge in [0.25, 0.3) is 0 Å². The summed E-state index contributed by atoms with van der Waals surface area (Å²) in [4.78, 5) is 17.7. The quantitative estimate of drug-likeness (QED) is 0.763. The van der Waals surface area contributed by atoms with Gasteiger partial charge in [-0.1, -0.05) is 0 Å². The molecular weight excluding hydrogens is 240 g/mol. The van der Waals surface area contributed by atoms with Crippen molar-refractivity contribution in [1.29, 1.82) is 0 Å². The lowest BCUT2D eigenvalue weighted by Gasteiger charge is -2.33. The molecule has 2 bridgehead atoms. The van der Waals surface area contributed by atoms with Crippen LogP contribution in [-0.4, -0.2) is 34.5 Å². The van der Waals surface area contributed by atoms with Crippen molar-refractivity contribution >= 4 is 12.0 Å². The van der Waals surface area contributed by atoms with Crippen LogP contribution in [0.25, 0.3) is 6.08 Å². The van der Waals surface area contributed by atoms with Gasteiger partial charge in [-0.2, -0.15) is 0 Å². The van der Waals surface area contributed by atoms with E-state index in [4.69, 9.17) is 4.74 Å². The molecule has 4 nitrogen and oxygen atoms in total. The molecule has 3 heterocycles. The lowest BCUT2D eigenvalue weighted by molar-refractivity contribution is -0.157. The minimum Gasteiger partial charge on any atom is -0.457 e. The lowest BCUT2D eigenvalue weighted by Crippen LogP contribution is -2.42. The molecule has 4 heteroatoms. The van der Waals surface area contributed by atoms with Crippen molar-refractivity contribution in [1.82, 2.24) is 9.88 Å². The number of ether oxygens (including phenoxy) is 1. The number of pyridine rings is 1. The highest BCUT2D eigenvalue weighted by molar-refractivity contribution is 5.67. The smallest absolute Gasteiger partial charge is 0.303 e. The van der Waals surface area contributed by atoms with E-state index in [1.54, 1.807) is 12.4 Å². The molecule has 0 radical (unpaired) electrons. The third-order valence-corrected chi connectivity index (χ3v) is 3.85. The molecule has 1 aromatic heterocycles. The third kappa shape index (κ3) is 2.48. The van der Waals surface area contributed by atoms with Crippen LogP contribution in [0.4, 0.5) is 0 Å². The third-order valence-electron chi connectivity index (χ3n) is 3.85. The maximum absolute atomic E-state index is 11.3. The zero-order chi connectivity index (χ0) is 13.3. The normalized spacial score (nSPS) is 27.6. The number of rotatable bonds is 2. The number of fused-ring (bicyclic) bond motifs is 2. The highest BCUT2D eigenvalue weighted by Crippen LogP contribution is 2.41. The molecule has 3 rings (SSSR count). The Morgan fingerprint density at radius 1 is 1.47 bits per heavy atom. The van der Waals surface area contributed by atoms with E-state index >= 15 is 0 Å². The maximum atomic E-state index is 11.3. The van der Waals surface area contributed by atoms with Crippen molar-refractivity contribution in [3.05, 3.63) is 35.8 Å². The fraction of sp³-hybridized carbons (Fsp3) is 0.467. The van der Waals surface area contributed by atoms with E-state index in [1.807, 2.05) is 12.1 Å². The van der Waals surface area contributed by atoms with Crippen LogP contribution in [-0.2, 0) is 9.53 Å². The van der Waals surface area contributed by atoms with Gasteiger partial charge in [-0.05, 0) is 36.6 Å². The Morgan fingerprint density at radius 2 is 2.26 bits per heavy atom. The molecule has 0 aliphatic carbocycles. The average Bonchev–Trinajstić information content (AvgIpc) is 2.60. The molecule has 0 aromatic carbocycles. The standard InChI is InChI=1S/C15H18N2O2/c1-12(18)19-15-5-2-8-17(11-15)14(10-15)9-13-3-6-16-7-4-13/h3-4,6-7,9H,2,5,8,10-11H2,1H3/b14-9+. The molecule has 2 aliphatic rings. The summed E-state index contributed by atoms with van der Waals surface area (Å²) in [6, 6.07) is 3.99. The maximum Gasteiger partial charge on any atom is 0.303 e. The van der Waals surface area contributed by atoms with Crippen molar-refractivity contribution in [2.75, 3.05) is 13.1 Å². The van der Waals surface area contributed by atoms with Gasteiger partial charge < -0.3 is 9.64 Å². The van der Waals surface area contributed by atoms with Crippen LogP contribution in [0, 0.1) is 0 Å². The number of hydrogen-bond acceptors (Lipinski definition) is 4. The Kier molecular flexibility index (Phi) is 3.01. The van der Waals surface area contributed by atoms with Crippen LogP contribution >= 0.6 is 0 Å². The molecule has 2 fully saturated rings. The summed E-state index contributed by atoms with van der Waals surface area (Å²) < 4.78 is 5.60. The summed E-state index contributed by atoms with van der Waals surface area (Å²) in [6.45, 7) is 3.39. The van der Waals surface area contributed by atoms with Gasteiger partial charge in [0, 0.05) is 38.0 Å². The van der Waals surface area contributed by atoms with E-state index in [0.29, 0.717) is 0 Å². The summed E-state index contributed by atoms with van der Waals surface area (Å²) in [7, 11) is 0. The molecule has 2 aliphatic heterocycles. The summed E-state index contributed by atoms with van der Waals surface area (Å²) >= 11 is 0.